The van der Waals surface area contributed by atoms with E-state index >= 15 is 0 Å². The van der Waals surface area contributed by atoms with E-state index in [1.54, 1.807) is 6.07 Å². The molecule has 0 aliphatic carbocycles. The van der Waals surface area contributed by atoms with Crippen molar-refractivity contribution < 1.29 is 0 Å². The van der Waals surface area contributed by atoms with Crippen molar-refractivity contribution >= 4 is 28.9 Å². The molecule has 19 heavy (non-hydrogen) atoms. The summed E-state index contributed by atoms with van der Waals surface area (Å²) in [4.78, 5) is 0. The molecule has 100 valence electrons. The summed E-state index contributed by atoms with van der Waals surface area (Å²) in [6, 6.07) is 10.3. The van der Waals surface area contributed by atoms with Gasteiger partial charge in [0.2, 0.25) is 0 Å². The Balaban J connectivity index is 2.15. The van der Waals surface area contributed by atoms with E-state index in [2.05, 4.69) is 53.6 Å². The van der Waals surface area contributed by atoms with Gasteiger partial charge in [-0.1, -0.05) is 54.4 Å². The Hall–Kier alpha value is -1.32. The second kappa shape index (κ2) is 6.22. The van der Waals surface area contributed by atoms with E-state index in [4.69, 9.17) is 23.2 Å². The van der Waals surface area contributed by atoms with E-state index in [1.807, 2.05) is 0 Å². The highest BCUT2D eigenvalue weighted by Gasteiger charge is 2.09. The molecule has 1 aromatic carbocycles. The van der Waals surface area contributed by atoms with Gasteiger partial charge in [-0.3, -0.25) is 0 Å². The van der Waals surface area contributed by atoms with Crippen molar-refractivity contribution in [1.82, 2.24) is 10.2 Å². The van der Waals surface area contributed by atoms with Crippen molar-refractivity contribution in [3.8, 4) is 0 Å². The molecule has 2 aromatic rings. The van der Waals surface area contributed by atoms with Crippen LogP contribution in [0.15, 0.2) is 30.3 Å². The zero-order chi connectivity index (χ0) is 13.8. The fourth-order valence-corrected chi connectivity index (χ4v) is 2.11. The highest BCUT2D eigenvalue weighted by Crippen LogP contribution is 2.26. The van der Waals surface area contributed by atoms with Gasteiger partial charge in [0.1, 0.15) is 0 Å². The van der Waals surface area contributed by atoms with Gasteiger partial charge in [0.05, 0.1) is 5.69 Å². The first kappa shape index (κ1) is 14.1. The first-order valence-electron chi connectivity index (χ1n) is 6.14. The number of anilines is 1. The van der Waals surface area contributed by atoms with Crippen LogP contribution in [-0.2, 0) is 6.42 Å². The highest BCUT2D eigenvalue weighted by atomic mass is 35.5. The second-order valence-electron chi connectivity index (χ2n) is 4.33. The molecule has 1 atom stereocenters. The summed E-state index contributed by atoms with van der Waals surface area (Å²) >= 11 is 11.8. The van der Waals surface area contributed by atoms with E-state index in [9.17, 15) is 0 Å². The lowest BCUT2D eigenvalue weighted by atomic mass is 10.0. The third kappa shape index (κ3) is 3.58. The number of aryl methyl sites for hydroxylation is 1. The van der Waals surface area contributed by atoms with E-state index < -0.39 is 0 Å². The van der Waals surface area contributed by atoms with Gasteiger partial charge in [-0.2, -0.15) is 0 Å². The van der Waals surface area contributed by atoms with Crippen molar-refractivity contribution in [1.29, 1.82) is 0 Å². The molecule has 0 saturated carbocycles. The summed E-state index contributed by atoms with van der Waals surface area (Å²) in [6.45, 7) is 4.20. The van der Waals surface area contributed by atoms with Gasteiger partial charge in [-0.15, -0.1) is 10.2 Å². The summed E-state index contributed by atoms with van der Waals surface area (Å²) in [6.07, 6.45) is 1.04. The van der Waals surface area contributed by atoms with E-state index in [-0.39, 0.29) is 6.04 Å². The van der Waals surface area contributed by atoms with Crippen LogP contribution in [0.4, 0.5) is 5.69 Å². The Kier molecular flexibility index (Phi) is 4.61. The number of halogens is 2. The third-order valence-electron chi connectivity index (χ3n) is 2.98. The lowest BCUT2D eigenvalue weighted by molar-refractivity contribution is 0.876. The molecule has 3 nitrogen and oxygen atoms in total. The average molecular weight is 296 g/mol. The van der Waals surface area contributed by atoms with Gasteiger partial charge in [0, 0.05) is 12.1 Å². The molecule has 0 saturated heterocycles. The van der Waals surface area contributed by atoms with Crippen LogP contribution in [0.2, 0.25) is 10.3 Å². The molecule has 1 aromatic heterocycles. The topological polar surface area (TPSA) is 37.8 Å². The first-order valence-corrected chi connectivity index (χ1v) is 6.90. The molecule has 1 unspecified atom stereocenters. The van der Waals surface area contributed by atoms with Gasteiger partial charge in [0.25, 0.3) is 0 Å². The standard InChI is InChI=1S/C14H15Cl2N3/c1-3-10-4-6-11(7-5-10)9(2)17-12-8-13(15)18-19-14(12)16/h4-9H,3H2,1-2H3,(H,17,18). The van der Waals surface area contributed by atoms with Crippen LogP contribution in [-0.4, -0.2) is 10.2 Å². The third-order valence-corrected chi connectivity index (χ3v) is 3.44. The molecule has 0 amide bonds. The number of benzene rings is 1. The Morgan fingerprint density at radius 2 is 1.84 bits per heavy atom. The first-order chi connectivity index (χ1) is 9.10. The summed E-state index contributed by atoms with van der Waals surface area (Å²) in [5.74, 6) is 0. The molecule has 0 spiro atoms. The average Bonchev–Trinajstić information content (AvgIpc) is 2.43. The smallest absolute Gasteiger partial charge is 0.174 e. The zero-order valence-electron chi connectivity index (χ0n) is 10.8. The summed E-state index contributed by atoms with van der Waals surface area (Å²) in [5, 5.41) is 11.4. The summed E-state index contributed by atoms with van der Waals surface area (Å²) in [7, 11) is 0. The SMILES string of the molecule is CCc1ccc(C(C)Nc2cc(Cl)nnc2Cl)cc1. The van der Waals surface area contributed by atoms with Gasteiger partial charge >= 0.3 is 0 Å². The molecule has 0 radical (unpaired) electrons. The van der Waals surface area contributed by atoms with Gasteiger partial charge in [-0.05, 0) is 24.5 Å². The molecule has 5 heteroatoms. The maximum atomic E-state index is 5.98. The molecule has 2 rings (SSSR count). The number of hydrogen-bond acceptors (Lipinski definition) is 3. The number of nitrogens with zero attached hydrogens (tertiary/aromatic N) is 2. The Bertz CT molecular complexity index is 555. The summed E-state index contributed by atoms with van der Waals surface area (Å²) < 4.78 is 0. The Morgan fingerprint density at radius 1 is 1.16 bits per heavy atom. The number of rotatable bonds is 4. The van der Waals surface area contributed by atoms with Crippen LogP contribution in [0, 0.1) is 0 Å². The predicted molar refractivity (Wildman–Crippen MR) is 79.9 cm³/mol. The lowest BCUT2D eigenvalue weighted by Gasteiger charge is -2.16. The molecule has 0 aliphatic rings. The minimum Gasteiger partial charge on any atom is -0.376 e. The Morgan fingerprint density at radius 3 is 2.47 bits per heavy atom. The number of aromatic nitrogens is 2. The molecule has 0 aliphatic heterocycles. The molecule has 1 N–H and O–H groups in total. The van der Waals surface area contributed by atoms with Crippen molar-refractivity contribution in [2.24, 2.45) is 0 Å². The highest BCUT2D eigenvalue weighted by molar-refractivity contribution is 6.33. The van der Waals surface area contributed by atoms with Crippen LogP contribution in [0.5, 0.6) is 0 Å². The van der Waals surface area contributed by atoms with Gasteiger partial charge in [-0.25, -0.2) is 0 Å². The second-order valence-corrected chi connectivity index (χ2v) is 5.08. The fraction of sp³-hybridized carbons (Fsp3) is 0.286. The van der Waals surface area contributed by atoms with Crippen LogP contribution in [0.25, 0.3) is 0 Å². The largest absolute Gasteiger partial charge is 0.376 e. The van der Waals surface area contributed by atoms with Crippen molar-refractivity contribution in [3.05, 3.63) is 51.8 Å². The normalized spacial score (nSPS) is 12.2. The maximum absolute atomic E-state index is 5.98. The van der Waals surface area contributed by atoms with E-state index in [0.717, 1.165) is 6.42 Å². The molecular weight excluding hydrogens is 281 g/mol. The van der Waals surface area contributed by atoms with Crippen LogP contribution in [0.3, 0.4) is 0 Å². The minimum absolute atomic E-state index is 0.115. The van der Waals surface area contributed by atoms with Crippen LogP contribution < -0.4 is 5.32 Å². The molecule has 0 bridgehead atoms. The molecule has 0 fully saturated rings. The van der Waals surface area contributed by atoms with Crippen LogP contribution in [0.1, 0.15) is 31.0 Å². The molecule has 1 heterocycles. The van der Waals surface area contributed by atoms with E-state index in [0.29, 0.717) is 16.0 Å². The van der Waals surface area contributed by atoms with Gasteiger partial charge < -0.3 is 5.32 Å². The zero-order valence-corrected chi connectivity index (χ0v) is 12.3. The van der Waals surface area contributed by atoms with Gasteiger partial charge in [0.15, 0.2) is 10.3 Å². The Labute approximate surface area is 123 Å². The van der Waals surface area contributed by atoms with Crippen molar-refractivity contribution in [3.63, 3.8) is 0 Å². The number of nitrogens with one attached hydrogen (secondary N) is 1. The monoisotopic (exact) mass is 295 g/mol. The van der Waals surface area contributed by atoms with Crippen molar-refractivity contribution in [2.45, 2.75) is 26.3 Å². The van der Waals surface area contributed by atoms with E-state index in [1.165, 1.54) is 11.1 Å². The quantitative estimate of drug-likeness (QED) is 0.901. The predicted octanol–water partition coefficient (Wildman–Crippen LogP) is 4.52. The fourth-order valence-electron chi connectivity index (χ4n) is 1.81. The summed E-state index contributed by atoms with van der Waals surface area (Å²) in [5.41, 5.74) is 3.19. The van der Waals surface area contributed by atoms with Crippen LogP contribution >= 0.6 is 23.2 Å². The maximum Gasteiger partial charge on any atom is 0.174 e. The lowest BCUT2D eigenvalue weighted by Crippen LogP contribution is -2.08. The van der Waals surface area contributed by atoms with Crippen molar-refractivity contribution in [2.75, 3.05) is 5.32 Å². The number of hydrogen-bond donors (Lipinski definition) is 1. The minimum atomic E-state index is 0.115. The molecular formula is C14H15Cl2N3.